The number of rotatable bonds is 5. The van der Waals surface area contributed by atoms with Gasteiger partial charge < -0.3 is 15.0 Å². The van der Waals surface area contributed by atoms with E-state index in [4.69, 9.17) is 4.74 Å². The fourth-order valence-corrected chi connectivity index (χ4v) is 2.36. The minimum atomic E-state index is 0.802. The molecule has 2 heterocycles. The van der Waals surface area contributed by atoms with Gasteiger partial charge in [-0.05, 0) is 57.5 Å². The number of piperidine rings is 1. The molecule has 18 heavy (non-hydrogen) atoms. The van der Waals surface area contributed by atoms with Crippen LogP contribution in [0.15, 0.2) is 18.3 Å². The first-order valence-corrected chi connectivity index (χ1v) is 6.70. The Hall–Kier alpha value is -1.29. The van der Waals surface area contributed by atoms with Gasteiger partial charge in [0.2, 0.25) is 0 Å². The van der Waals surface area contributed by atoms with Crippen molar-refractivity contribution >= 4 is 5.82 Å². The lowest BCUT2D eigenvalue weighted by Crippen LogP contribution is -2.30. The summed E-state index contributed by atoms with van der Waals surface area (Å²) in [5.41, 5.74) is 0. The molecule has 4 heteroatoms. The summed E-state index contributed by atoms with van der Waals surface area (Å²) >= 11 is 0. The highest BCUT2D eigenvalue weighted by molar-refractivity contribution is 5.37. The third-order valence-corrected chi connectivity index (χ3v) is 3.67. The topological polar surface area (TPSA) is 37.4 Å². The Morgan fingerprint density at radius 2 is 2.17 bits per heavy atom. The maximum Gasteiger partial charge on any atom is 0.137 e. The van der Waals surface area contributed by atoms with Crippen LogP contribution in [0.2, 0.25) is 0 Å². The number of likely N-dealkylation sites (tertiary alicyclic amines) is 1. The number of pyridine rings is 1. The first-order valence-electron chi connectivity index (χ1n) is 6.70. The number of hydrogen-bond acceptors (Lipinski definition) is 4. The molecule has 1 aromatic heterocycles. The van der Waals surface area contributed by atoms with Crippen LogP contribution in [0.25, 0.3) is 0 Å². The molecule has 0 aromatic carbocycles. The Balaban J connectivity index is 1.68. The normalized spacial score (nSPS) is 17.7. The minimum Gasteiger partial charge on any atom is -0.495 e. The summed E-state index contributed by atoms with van der Waals surface area (Å²) in [6.07, 6.45) is 5.64. The molecule has 1 fully saturated rings. The lowest BCUT2D eigenvalue weighted by Gasteiger charge is -2.28. The van der Waals surface area contributed by atoms with Crippen molar-refractivity contribution in [3.63, 3.8) is 0 Å². The molecule has 0 bridgehead atoms. The van der Waals surface area contributed by atoms with E-state index in [-0.39, 0.29) is 0 Å². The van der Waals surface area contributed by atoms with Crippen molar-refractivity contribution in [2.24, 2.45) is 5.92 Å². The molecular weight excluding hydrogens is 226 g/mol. The van der Waals surface area contributed by atoms with Gasteiger partial charge in [-0.15, -0.1) is 0 Å². The van der Waals surface area contributed by atoms with Crippen molar-refractivity contribution in [2.45, 2.75) is 19.3 Å². The number of aromatic nitrogens is 1. The van der Waals surface area contributed by atoms with Gasteiger partial charge in [-0.2, -0.15) is 0 Å². The Morgan fingerprint density at radius 1 is 1.39 bits per heavy atom. The summed E-state index contributed by atoms with van der Waals surface area (Å²) in [7, 11) is 3.86. The summed E-state index contributed by atoms with van der Waals surface area (Å²) in [6.45, 7) is 3.49. The molecule has 1 aliphatic heterocycles. The van der Waals surface area contributed by atoms with Crippen LogP contribution in [0, 0.1) is 5.92 Å². The highest BCUT2D eigenvalue weighted by atomic mass is 16.5. The zero-order valence-corrected chi connectivity index (χ0v) is 11.4. The molecule has 0 amide bonds. The van der Waals surface area contributed by atoms with Crippen molar-refractivity contribution in [1.82, 2.24) is 9.88 Å². The monoisotopic (exact) mass is 249 g/mol. The second kappa shape index (κ2) is 6.59. The predicted octanol–water partition coefficient (Wildman–Crippen LogP) is 2.23. The van der Waals surface area contributed by atoms with Gasteiger partial charge in [0, 0.05) is 6.54 Å². The van der Waals surface area contributed by atoms with Gasteiger partial charge in [-0.1, -0.05) is 0 Å². The Bertz CT molecular complexity index is 345. The summed E-state index contributed by atoms with van der Waals surface area (Å²) < 4.78 is 5.08. The van der Waals surface area contributed by atoms with E-state index < -0.39 is 0 Å². The van der Waals surface area contributed by atoms with E-state index in [0.717, 1.165) is 24.0 Å². The van der Waals surface area contributed by atoms with Gasteiger partial charge in [-0.25, -0.2) is 4.98 Å². The van der Waals surface area contributed by atoms with Crippen molar-refractivity contribution < 1.29 is 4.74 Å². The molecule has 0 unspecified atom stereocenters. The summed E-state index contributed by atoms with van der Waals surface area (Å²) in [5.74, 6) is 2.60. The Morgan fingerprint density at radius 3 is 2.78 bits per heavy atom. The quantitative estimate of drug-likeness (QED) is 0.868. The maximum absolute atomic E-state index is 5.08. The van der Waals surface area contributed by atoms with Crippen LogP contribution >= 0.6 is 0 Å². The fraction of sp³-hybridized carbons (Fsp3) is 0.643. The van der Waals surface area contributed by atoms with Gasteiger partial charge >= 0.3 is 0 Å². The van der Waals surface area contributed by atoms with Crippen LogP contribution in [-0.2, 0) is 0 Å². The van der Waals surface area contributed by atoms with E-state index in [1.807, 2.05) is 12.1 Å². The smallest absolute Gasteiger partial charge is 0.137 e. The second-order valence-electron chi connectivity index (χ2n) is 5.05. The summed E-state index contributed by atoms with van der Waals surface area (Å²) in [4.78, 5) is 6.71. The average molecular weight is 249 g/mol. The standard InChI is InChI=1S/C14H23N3O/c1-17-9-6-12(7-10-17)5-8-15-14-4-3-13(18-2)11-16-14/h3-4,11-12H,5-10H2,1-2H3,(H,15,16). The van der Waals surface area contributed by atoms with Crippen LogP contribution in [-0.4, -0.2) is 43.7 Å². The molecule has 1 aliphatic rings. The third kappa shape index (κ3) is 3.88. The number of nitrogens with one attached hydrogen (secondary N) is 1. The zero-order chi connectivity index (χ0) is 12.8. The van der Waals surface area contributed by atoms with Crippen molar-refractivity contribution in [1.29, 1.82) is 0 Å². The van der Waals surface area contributed by atoms with Crippen LogP contribution < -0.4 is 10.1 Å². The molecule has 0 atom stereocenters. The van der Waals surface area contributed by atoms with Gasteiger partial charge in [-0.3, -0.25) is 0 Å². The molecule has 0 radical (unpaired) electrons. The largest absolute Gasteiger partial charge is 0.495 e. The lowest BCUT2D eigenvalue weighted by atomic mass is 9.94. The predicted molar refractivity (Wildman–Crippen MR) is 74.1 cm³/mol. The Labute approximate surface area is 109 Å². The van der Waals surface area contributed by atoms with Crippen LogP contribution in [0.4, 0.5) is 5.82 Å². The molecule has 0 aliphatic carbocycles. The van der Waals surface area contributed by atoms with Gasteiger partial charge in [0.15, 0.2) is 0 Å². The van der Waals surface area contributed by atoms with E-state index in [0.29, 0.717) is 0 Å². The van der Waals surface area contributed by atoms with E-state index in [1.165, 1.54) is 32.4 Å². The first-order chi connectivity index (χ1) is 8.78. The Kier molecular flexibility index (Phi) is 4.81. The summed E-state index contributed by atoms with van der Waals surface area (Å²) in [5, 5.41) is 3.37. The number of anilines is 1. The molecule has 100 valence electrons. The molecule has 1 saturated heterocycles. The molecule has 4 nitrogen and oxygen atoms in total. The van der Waals surface area contributed by atoms with Crippen LogP contribution in [0.1, 0.15) is 19.3 Å². The van der Waals surface area contributed by atoms with Crippen molar-refractivity contribution in [2.75, 3.05) is 39.1 Å². The van der Waals surface area contributed by atoms with Crippen LogP contribution in [0.5, 0.6) is 5.75 Å². The van der Waals surface area contributed by atoms with E-state index in [9.17, 15) is 0 Å². The van der Waals surface area contributed by atoms with E-state index in [2.05, 4.69) is 22.2 Å². The number of ether oxygens (including phenoxy) is 1. The average Bonchev–Trinajstić information content (AvgIpc) is 2.42. The first kappa shape index (κ1) is 13.1. The molecule has 2 rings (SSSR count). The lowest BCUT2D eigenvalue weighted by molar-refractivity contribution is 0.215. The van der Waals surface area contributed by atoms with E-state index >= 15 is 0 Å². The molecular formula is C14H23N3O. The van der Waals surface area contributed by atoms with Crippen molar-refractivity contribution in [3.8, 4) is 5.75 Å². The number of methoxy groups -OCH3 is 1. The molecule has 0 saturated carbocycles. The third-order valence-electron chi connectivity index (χ3n) is 3.67. The second-order valence-corrected chi connectivity index (χ2v) is 5.05. The van der Waals surface area contributed by atoms with E-state index in [1.54, 1.807) is 13.3 Å². The molecule has 0 spiro atoms. The SMILES string of the molecule is COc1ccc(NCCC2CCN(C)CC2)nc1. The molecule has 1 N–H and O–H groups in total. The maximum atomic E-state index is 5.08. The van der Waals surface area contributed by atoms with Gasteiger partial charge in [0.1, 0.15) is 11.6 Å². The van der Waals surface area contributed by atoms with Gasteiger partial charge in [0.25, 0.3) is 0 Å². The molecule has 1 aromatic rings. The number of hydrogen-bond donors (Lipinski definition) is 1. The summed E-state index contributed by atoms with van der Waals surface area (Å²) in [6, 6.07) is 3.90. The van der Waals surface area contributed by atoms with Crippen LogP contribution in [0.3, 0.4) is 0 Å². The highest BCUT2D eigenvalue weighted by Gasteiger charge is 2.15. The number of nitrogens with zero attached hydrogens (tertiary/aromatic N) is 2. The fourth-order valence-electron chi connectivity index (χ4n) is 2.36. The highest BCUT2D eigenvalue weighted by Crippen LogP contribution is 2.19. The minimum absolute atomic E-state index is 0.802. The zero-order valence-electron chi connectivity index (χ0n) is 11.4. The van der Waals surface area contributed by atoms with Gasteiger partial charge in [0.05, 0.1) is 13.3 Å². The van der Waals surface area contributed by atoms with Crippen molar-refractivity contribution in [3.05, 3.63) is 18.3 Å².